The van der Waals surface area contributed by atoms with Gasteiger partial charge < -0.3 is 4.79 Å². The van der Waals surface area contributed by atoms with Crippen molar-refractivity contribution >= 4 is 17.6 Å². The van der Waals surface area contributed by atoms with Crippen LogP contribution in [0.1, 0.15) is 18.9 Å². The molecule has 0 fully saturated rings. The molecular weight excluding hydrogens is 212 g/mol. The molecule has 2 heteroatoms. The van der Waals surface area contributed by atoms with Gasteiger partial charge in [-0.05, 0) is 24.5 Å². The van der Waals surface area contributed by atoms with Gasteiger partial charge in [0.05, 0.1) is 0 Å². The third-order valence-electron chi connectivity index (χ3n) is 3.19. The molecule has 2 rings (SSSR count). The van der Waals surface area contributed by atoms with Crippen molar-refractivity contribution in [3.8, 4) is 0 Å². The molecule has 17 heavy (non-hydrogen) atoms. The maximum absolute atomic E-state index is 11.5. The molecule has 0 saturated carbocycles. The summed E-state index contributed by atoms with van der Waals surface area (Å²) in [5.41, 5.74) is 1.22. The third-order valence-corrected chi connectivity index (χ3v) is 3.19. The van der Waals surface area contributed by atoms with E-state index in [1.54, 1.807) is 6.08 Å². The fraction of sp³-hybridized carbons (Fsp3) is 0.200. The molecule has 0 aliphatic heterocycles. The minimum atomic E-state index is -0.946. The minimum absolute atomic E-state index is 0.105. The summed E-state index contributed by atoms with van der Waals surface area (Å²) in [6.45, 7) is 1.46. The lowest BCUT2D eigenvalue weighted by Gasteiger charge is -2.23. The van der Waals surface area contributed by atoms with Crippen molar-refractivity contribution in [2.75, 3.05) is 0 Å². The molecule has 2 nitrogen and oxygen atoms in total. The van der Waals surface area contributed by atoms with E-state index in [0.717, 1.165) is 17.4 Å². The highest BCUT2D eigenvalue weighted by atomic mass is 16.1. The van der Waals surface area contributed by atoms with Crippen LogP contribution in [0.2, 0.25) is 0 Å². The van der Waals surface area contributed by atoms with E-state index < -0.39 is 5.41 Å². The second-order valence-corrected chi connectivity index (χ2v) is 4.28. The first kappa shape index (κ1) is 11.5. The molecule has 86 valence electrons. The SMILES string of the molecule is CC(=O)C1(C=O)C=CC(c2ccccc2)=CC1. The molecule has 0 aromatic heterocycles. The van der Waals surface area contributed by atoms with E-state index in [9.17, 15) is 9.59 Å². The van der Waals surface area contributed by atoms with Crippen molar-refractivity contribution in [2.45, 2.75) is 13.3 Å². The van der Waals surface area contributed by atoms with Gasteiger partial charge in [0, 0.05) is 0 Å². The molecule has 0 spiro atoms. The first-order valence-electron chi connectivity index (χ1n) is 5.60. The summed E-state index contributed by atoms with van der Waals surface area (Å²) in [4.78, 5) is 22.5. The van der Waals surface area contributed by atoms with Gasteiger partial charge >= 0.3 is 0 Å². The predicted octanol–water partition coefficient (Wildman–Crippen LogP) is 2.80. The molecule has 1 unspecified atom stereocenters. The highest BCUT2D eigenvalue weighted by Gasteiger charge is 2.33. The first-order valence-corrected chi connectivity index (χ1v) is 5.60. The van der Waals surface area contributed by atoms with Gasteiger partial charge in [0.25, 0.3) is 0 Å². The lowest BCUT2D eigenvalue weighted by atomic mass is 9.77. The molecule has 1 aromatic rings. The Morgan fingerprint density at radius 2 is 2.00 bits per heavy atom. The van der Waals surface area contributed by atoms with Gasteiger partial charge in [-0.1, -0.05) is 48.6 Å². The van der Waals surface area contributed by atoms with Crippen LogP contribution in [-0.4, -0.2) is 12.1 Å². The number of rotatable bonds is 3. The zero-order valence-corrected chi connectivity index (χ0v) is 9.72. The van der Waals surface area contributed by atoms with Crippen molar-refractivity contribution in [1.82, 2.24) is 0 Å². The quantitative estimate of drug-likeness (QED) is 0.586. The van der Waals surface area contributed by atoms with Crippen molar-refractivity contribution in [3.05, 3.63) is 54.1 Å². The Labute approximate surface area is 101 Å². The fourth-order valence-electron chi connectivity index (χ4n) is 1.93. The van der Waals surface area contributed by atoms with Crippen molar-refractivity contribution in [3.63, 3.8) is 0 Å². The number of hydrogen-bond acceptors (Lipinski definition) is 2. The lowest BCUT2D eigenvalue weighted by molar-refractivity contribution is -0.129. The van der Waals surface area contributed by atoms with Gasteiger partial charge in [0.1, 0.15) is 17.5 Å². The van der Waals surface area contributed by atoms with Crippen LogP contribution in [-0.2, 0) is 9.59 Å². The summed E-state index contributed by atoms with van der Waals surface area (Å²) < 4.78 is 0. The Balaban J connectivity index is 2.28. The van der Waals surface area contributed by atoms with E-state index in [1.807, 2.05) is 42.5 Å². The highest BCUT2D eigenvalue weighted by Crippen LogP contribution is 2.32. The van der Waals surface area contributed by atoms with E-state index in [0.29, 0.717) is 6.42 Å². The number of ketones is 1. The number of Topliss-reactive ketones (excluding diaryl/α,β-unsaturated/α-hetero) is 1. The van der Waals surface area contributed by atoms with E-state index in [-0.39, 0.29) is 5.78 Å². The molecule has 1 aliphatic carbocycles. The number of hydrogen-bond donors (Lipinski definition) is 0. The maximum Gasteiger partial charge on any atom is 0.147 e. The van der Waals surface area contributed by atoms with E-state index in [1.165, 1.54) is 6.92 Å². The highest BCUT2D eigenvalue weighted by molar-refractivity contribution is 6.00. The molecule has 1 atom stereocenters. The van der Waals surface area contributed by atoms with Gasteiger partial charge in [-0.15, -0.1) is 0 Å². The lowest BCUT2D eigenvalue weighted by Crippen LogP contribution is -2.29. The second-order valence-electron chi connectivity index (χ2n) is 4.28. The van der Waals surface area contributed by atoms with Crippen LogP contribution in [0.5, 0.6) is 0 Å². The minimum Gasteiger partial charge on any atom is -0.302 e. The topological polar surface area (TPSA) is 34.1 Å². The molecule has 0 N–H and O–H groups in total. The Hall–Kier alpha value is -1.96. The van der Waals surface area contributed by atoms with Crippen molar-refractivity contribution < 1.29 is 9.59 Å². The smallest absolute Gasteiger partial charge is 0.147 e. The Morgan fingerprint density at radius 1 is 1.29 bits per heavy atom. The van der Waals surface area contributed by atoms with Gasteiger partial charge in [-0.25, -0.2) is 0 Å². The van der Waals surface area contributed by atoms with Crippen molar-refractivity contribution in [1.29, 1.82) is 0 Å². The molecule has 0 radical (unpaired) electrons. The largest absolute Gasteiger partial charge is 0.302 e. The maximum atomic E-state index is 11.5. The monoisotopic (exact) mass is 226 g/mol. The van der Waals surface area contributed by atoms with Crippen LogP contribution in [0.4, 0.5) is 0 Å². The average molecular weight is 226 g/mol. The van der Waals surface area contributed by atoms with Crippen LogP contribution in [0.25, 0.3) is 5.57 Å². The zero-order chi connectivity index (χ0) is 12.3. The molecule has 1 aromatic carbocycles. The molecule has 0 amide bonds. The Morgan fingerprint density at radius 3 is 2.47 bits per heavy atom. The van der Waals surface area contributed by atoms with Gasteiger partial charge in [0.2, 0.25) is 0 Å². The normalized spacial score (nSPS) is 23.0. The molecule has 0 bridgehead atoms. The molecular formula is C15H14O2. The standard InChI is InChI=1S/C15H14O2/c1-12(17)15(11-16)9-7-14(8-10-15)13-5-3-2-4-6-13/h2-9,11H,10H2,1H3. The zero-order valence-electron chi connectivity index (χ0n) is 9.72. The number of aldehydes is 1. The summed E-state index contributed by atoms with van der Waals surface area (Å²) in [6.07, 6.45) is 6.71. The summed E-state index contributed by atoms with van der Waals surface area (Å²) in [5, 5.41) is 0. The molecule has 1 aliphatic rings. The van der Waals surface area contributed by atoms with Gasteiger partial charge in [-0.2, -0.15) is 0 Å². The van der Waals surface area contributed by atoms with E-state index in [2.05, 4.69) is 0 Å². The fourth-order valence-corrected chi connectivity index (χ4v) is 1.93. The number of allylic oxidation sites excluding steroid dienone is 4. The summed E-state index contributed by atoms with van der Waals surface area (Å²) in [7, 11) is 0. The first-order chi connectivity index (χ1) is 8.18. The average Bonchev–Trinajstić information content (AvgIpc) is 2.39. The van der Waals surface area contributed by atoms with Crippen LogP contribution in [0, 0.1) is 5.41 Å². The molecule has 0 saturated heterocycles. The number of benzene rings is 1. The van der Waals surface area contributed by atoms with Gasteiger partial charge in [-0.3, -0.25) is 4.79 Å². The van der Waals surface area contributed by atoms with Crippen LogP contribution in [0.3, 0.4) is 0 Å². The van der Waals surface area contributed by atoms with E-state index in [4.69, 9.17) is 0 Å². The van der Waals surface area contributed by atoms with Crippen molar-refractivity contribution in [2.24, 2.45) is 5.41 Å². The number of carbonyl (C=O) groups excluding carboxylic acids is 2. The van der Waals surface area contributed by atoms with E-state index >= 15 is 0 Å². The predicted molar refractivity (Wildman–Crippen MR) is 67.4 cm³/mol. The number of carbonyl (C=O) groups is 2. The van der Waals surface area contributed by atoms with Crippen LogP contribution < -0.4 is 0 Å². The Kier molecular flexibility index (Phi) is 3.05. The Bertz CT molecular complexity index is 497. The second kappa shape index (κ2) is 4.50. The van der Waals surface area contributed by atoms with Crippen LogP contribution in [0.15, 0.2) is 48.6 Å². The summed E-state index contributed by atoms with van der Waals surface area (Å²) >= 11 is 0. The summed E-state index contributed by atoms with van der Waals surface area (Å²) in [5.74, 6) is -0.105. The summed E-state index contributed by atoms with van der Waals surface area (Å²) in [6, 6.07) is 9.92. The van der Waals surface area contributed by atoms with Crippen LogP contribution >= 0.6 is 0 Å². The van der Waals surface area contributed by atoms with Gasteiger partial charge in [0.15, 0.2) is 0 Å². The third kappa shape index (κ3) is 2.11. The molecule has 0 heterocycles.